The van der Waals surface area contributed by atoms with Gasteiger partial charge in [-0.3, -0.25) is 14.3 Å². The van der Waals surface area contributed by atoms with Gasteiger partial charge in [0.05, 0.1) is 0 Å². The SMILES string of the molecule is Cn1nc(N2CCN(Cc3ccc4c(c3)OCO4)CC2)c(=O)n(C)c1=O. The molecule has 9 heteroatoms. The van der Waals surface area contributed by atoms with Crippen molar-refractivity contribution in [3.63, 3.8) is 0 Å². The van der Waals surface area contributed by atoms with Gasteiger partial charge >= 0.3 is 5.69 Å². The molecule has 0 N–H and O–H groups in total. The van der Waals surface area contributed by atoms with Crippen molar-refractivity contribution in [2.75, 3.05) is 37.9 Å². The van der Waals surface area contributed by atoms with Gasteiger partial charge in [0.25, 0.3) is 5.56 Å². The molecule has 2 aliphatic heterocycles. The number of benzene rings is 1. The summed E-state index contributed by atoms with van der Waals surface area (Å²) in [6, 6.07) is 6.00. The second kappa shape index (κ2) is 6.49. The molecule has 0 aliphatic carbocycles. The van der Waals surface area contributed by atoms with Gasteiger partial charge in [0.15, 0.2) is 11.5 Å². The van der Waals surface area contributed by atoms with E-state index >= 15 is 0 Å². The number of rotatable bonds is 3. The molecule has 3 heterocycles. The minimum Gasteiger partial charge on any atom is -0.454 e. The van der Waals surface area contributed by atoms with Gasteiger partial charge < -0.3 is 14.4 Å². The molecule has 0 radical (unpaired) electrons. The third-order valence-corrected chi connectivity index (χ3v) is 4.82. The molecule has 2 aromatic rings. The molecule has 0 atom stereocenters. The van der Waals surface area contributed by atoms with E-state index in [-0.39, 0.29) is 12.4 Å². The Bertz CT molecular complexity index is 943. The third kappa shape index (κ3) is 2.94. The van der Waals surface area contributed by atoms with E-state index in [9.17, 15) is 9.59 Å². The molecular formula is C17H21N5O4. The summed E-state index contributed by atoms with van der Waals surface area (Å²) in [7, 11) is 3.03. The van der Waals surface area contributed by atoms with Crippen molar-refractivity contribution in [1.82, 2.24) is 19.2 Å². The Labute approximate surface area is 150 Å². The van der Waals surface area contributed by atoms with Crippen LogP contribution < -0.4 is 25.6 Å². The Hall–Kier alpha value is -2.81. The average molecular weight is 359 g/mol. The van der Waals surface area contributed by atoms with E-state index < -0.39 is 5.69 Å². The number of hydrogen-bond acceptors (Lipinski definition) is 7. The number of aromatic nitrogens is 3. The van der Waals surface area contributed by atoms with E-state index in [1.165, 1.54) is 17.3 Å². The lowest BCUT2D eigenvalue weighted by Gasteiger charge is -2.35. The summed E-state index contributed by atoms with van der Waals surface area (Å²) in [6.07, 6.45) is 0. The zero-order chi connectivity index (χ0) is 18.3. The van der Waals surface area contributed by atoms with Crippen LogP contribution in [0.4, 0.5) is 5.82 Å². The van der Waals surface area contributed by atoms with Crippen LogP contribution in [0.2, 0.25) is 0 Å². The van der Waals surface area contributed by atoms with Crippen molar-refractivity contribution in [3.05, 3.63) is 44.6 Å². The predicted octanol–water partition coefficient (Wildman–Crippen LogP) is -0.470. The normalized spacial score (nSPS) is 16.9. The Morgan fingerprint density at radius 3 is 2.54 bits per heavy atom. The van der Waals surface area contributed by atoms with Gasteiger partial charge in [0, 0.05) is 46.8 Å². The summed E-state index contributed by atoms with van der Waals surface area (Å²) in [5.74, 6) is 1.91. The lowest BCUT2D eigenvalue weighted by molar-refractivity contribution is 0.174. The fraction of sp³-hybridized carbons (Fsp3) is 0.471. The largest absolute Gasteiger partial charge is 0.454 e. The fourth-order valence-corrected chi connectivity index (χ4v) is 3.30. The van der Waals surface area contributed by atoms with Crippen molar-refractivity contribution in [1.29, 1.82) is 0 Å². The topological polar surface area (TPSA) is 81.8 Å². The maximum absolute atomic E-state index is 12.3. The predicted molar refractivity (Wildman–Crippen MR) is 94.8 cm³/mol. The average Bonchev–Trinajstić information content (AvgIpc) is 3.11. The molecule has 1 saturated heterocycles. The van der Waals surface area contributed by atoms with Crippen LogP contribution in [0.3, 0.4) is 0 Å². The molecule has 0 amide bonds. The van der Waals surface area contributed by atoms with E-state index in [0.717, 1.165) is 35.7 Å². The minimum absolute atomic E-state index is 0.277. The third-order valence-electron chi connectivity index (χ3n) is 4.82. The smallest absolute Gasteiger partial charge is 0.346 e. The van der Waals surface area contributed by atoms with E-state index in [2.05, 4.69) is 10.00 Å². The first-order valence-corrected chi connectivity index (χ1v) is 8.53. The molecule has 9 nitrogen and oxygen atoms in total. The van der Waals surface area contributed by atoms with E-state index in [0.29, 0.717) is 18.9 Å². The number of ether oxygens (including phenoxy) is 2. The Kier molecular flexibility index (Phi) is 4.15. The molecule has 0 saturated carbocycles. The lowest BCUT2D eigenvalue weighted by Crippen LogP contribution is -2.50. The van der Waals surface area contributed by atoms with Gasteiger partial charge in [0.2, 0.25) is 12.6 Å². The van der Waals surface area contributed by atoms with Gasteiger partial charge in [-0.2, -0.15) is 0 Å². The van der Waals surface area contributed by atoms with Crippen LogP contribution in [-0.4, -0.2) is 52.2 Å². The summed E-state index contributed by atoms with van der Waals surface area (Å²) in [6.45, 7) is 4.07. The number of aryl methyl sites for hydroxylation is 1. The number of nitrogens with zero attached hydrogens (tertiary/aromatic N) is 5. The lowest BCUT2D eigenvalue weighted by atomic mass is 10.1. The van der Waals surface area contributed by atoms with Crippen LogP contribution in [0.15, 0.2) is 27.8 Å². The van der Waals surface area contributed by atoms with Gasteiger partial charge in [-0.25, -0.2) is 9.48 Å². The van der Waals surface area contributed by atoms with Crippen molar-refractivity contribution in [2.24, 2.45) is 14.1 Å². The highest BCUT2D eigenvalue weighted by Gasteiger charge is 2.22. The summed E-state index contributed by atoms with van der Waals surface area (Å²) < 4.78 is 13.1. The first kappa shape index (κ1) is 16.6. The summed E-state index contributed by atoms with van der Waals surface area (Å²) in [4.78, 5) is 28.4. The van der Waals surface area contributed by atoms with Crippen LogP contribution in [0.5, 0.6) is 11.5 Å². The highest BCUT2D eigenvalue weighted by Crippen LogP contribution is 2.32. The molecule has 0 unspecified atom stereocenters. The minimum atomic E-state index is -0.416. The van der Waals surface area contributed by atoms with E-state index in [1.807, 2.05) is 23.1 Å². The van der Waals surface area contributed by atoms with Crippen LogP contribution >= 0.6 is 0 Å². The zero-order valence-electron chi connectivity index (χ0n) is 14.8. The van der Waals surface area contributed by atoms with Crippen LogP contribution in [0.25, 0.3) is 0 Å². The second-order valence-corrected chi connectivity index (χ2v) is 6.54. The fourth-order valence-electron chi connectivity index (χ4n) is 3.30. The standard InChI is InChI=1S/C17H21N5O4/c1-19-16(23)15(18-20(2)17(19)24)22-7-5-21(6-8-22)10-12-3-4-13-14(9-12)26-11-25-13/h3-4,9H,5-8,10-11H2,1-2H3. The van der Waals surface area contributed by atoms with Gasteiger partial charge in [-0.15, -0.1) is 5.10 Å². The Morgan fingerprint density at radius 1 is 1.04 bits per heavy atom. The van der Waals surface area contributed by atoms with Crippen LogP contribution in [0.1, 0.15) is 5.56 Å². The molecule has 26 heavy (non-hydrogen) atoms. The molecule has 1 aromatic heterocycles. The summed E-state index contributed by atoms with van der Waals surface area (Å²) in [5, 5.41) is 4.15. The van der Waals surface area contributed by atoms with Gasteiger partial charge in [-0.1, -0.05) is 6.07 Å². The first-order valence-electron chi connectivity index (χ1n) is 8.53. The maximum atomic E-state index is 12.3. The monoisotopic (exact) mass is 359 g/mol. The second-order valence-electron chi connectivity index (χ2n) is 6.54. The molecular weight excluding hydrogens is 338 g/mol. The molecule has 0 spiro atoms. The Balaban J connectivity index is 1.43. The molecule has 4 rings (SSSR count). The highest BCUT2D eigenvalue weighted by molar-refractivity contribution is 5.44. The maximum Gasteiger partial charge on any atom is 0.346 e. The number of hydrogen-bond donors (Lipinski definition) is 0. The Morgan fingerprint density at radius 2 is 1.77 bits per heavy atom. The highest BCUT2D eigenvalue weighted by atomic mass is 16.7. The number of anilines is 1. The molecule has 2 aliphatic rings. The number of piperazine rings is 1. The van der Waals surface area contributed by atoms with E-state index in [1.54, 1.807) is 7.05 Å². The van der Waals surface area contributed by atoms with Crippen molar-refractivity contribution < 1.29 is 9.47 Å². The first-order chi connectivity index (χ1) is 12.5. The van der Waals surface area contributed by atoms with Crippen LogP contribution in [0, 0.1) is 0 Å². The molecule has 138 valence electrons. The molecule has 0 bridgehead atoms. The van der Waals surface area contributed by atoms with Crippen LogP contribution in [-0.2, 0) is 20.6 Å². The van der Waals surface area contributed by atoms with Crippen molar-refractivity contribution in [2.45, 2.75) is 6.54 Å². The molecule has 1 aromatic carbocycles. The number of fused-ring (bicyclic) bond motifs is 1. The summed E-state index contributed by atoms with van der Waals surface area (Å²) in [5.41, 5.74) is 0.399. The van der Waals surface area contributed by atoms with E-state index in [4.69, 9.17) is 9.47 Å². The van der Waals surface area contributed by atoms with Gasteiger partial charge in [0.1, 0.15) is 0 Å². The van der Waals surface area contributed by atoms with Crippen molar-refractivity contribution in [3.8, 4) is 11.5 Å². The summed E-state index contributed by atoms with van der Waals surface area (Å²) >= 11 is 0. The zero-order valence-corrected chi connectivity index (χ0v) is 14.8. The molecule has 1 fully saturated rings. The van der Waals surface area contributed by atoms with Gasteiger partial charge in [-0.05, 0) is 17.7 Å². The van der Waals surface area contributed by atoms with Crippen molar-refractivity contribution >= 4 is 5.82 Å². The quantitative estimate of drug-likeness (QED) is 0.733.